The second kappa shape index (κ2) is 7.22. The predicted octanol–water partition coefficient (Wildman–Crippen LogP) is 3.30. The van der Waals surface area contributed by atoms with E-state index in [0.29, 0.717) is 5.56 Å². The van der Waals surface area contributed by atoms with Crippen molar-refractivity contribution in [3.8, 4) is 11.3 Å². The number of aromatic nitrogens is 2. The van der Waals surface area contributed by atoms with E-state index in [1.54, 1.807) is 12.4 Å². The van der Waals surface area contributed by atoms with Crippen molar-refractivity contribution >= 4 is 16.8 Å². The number of carbonyl (C=O) groups excluding carboxylic acids is 1. The van der Waals surface area contributed by atoms with E-state index in [1.165, 1.54) is 0 Å². The predicted molar refractivity (Wildman–Crippen MR) is 103 cm³/mol. The summed E-state index contributed by atoms with van der Waals surface area (Å²) in [5, 5.41) is 4.06. The molecule has 1 saturated carbocycles. The third kappa shape index (κ3) is 3.44. The van der Waals surface area contributed by atoms with Gasteiger partial charge in [0.25, 0.3) is 5.91 Å². The first kappa shape index (κ1) is 16.7. The number of nitrogens with two attached hydrogens (primary N) is 1. The van der Waals surface area contributed by atoms with Crippen molar-refractivity contribution in [1.82, 2.24) is 15.3 Å². The van der Waals surface area contributed by atoms with Gasteiger partial charge in [-0.15, -0.1) is 0 Å². The van der Waals surface area contributed by atoms with Crippen LogP contribution in [0, 0.1) is 0 Å². The number of carbonyl (C=O) groups is 1. The molecule has 2 aromatic heterocycles. The third-order valence-electron chi connectivity index (χ3n) is 5.04. The van der Waals surface area contributed by atoms with Crippen LogP contribution in [0.3, 0.4) is 0 Å². The van der Waals surface area contributed by atoms with Gasteiger partial charge in [-0.05, 0) is 49.9 Å². The summed E-state index contributed by atoms with van der Waals surface area (Å²) in [7, 11) is 0. The highest BCUT2D eigenvalue weighted by Gasteiger charge is 2.22. The van der Waals surface area contributed by atoms with Gasteiger partial charge in [0, 0.05) is 35.4 Å². The van der Waals surface area contributed by atoms with Crippen LogP contribution >= 0.6 is 0 Å². The van der Waals surface area contributed by atoms with Crippen molar-refractivity contribution in [2.75, 3.05) is 0 Å². The highest BCUT2D eigenvalue weighted by molar-refractivity contribution is 6.07. The summed E-state index contributed by atoms with van der Waals surface area (Å²) >= 11 is 0. The van der Waals surface area contributed by atoms with Gasteiger partial charge < -0.3 is 11.1 Å². The van der Waals surface area contributed by atoms with Crippen LogP contribution in [-0.4, -0.2) is 28.0 Å². The highest BCUT2D eigenvalue weighted by atomic mass is 16.1. The van der Waals surface area contributed by atoms with Crippen molar-refractivity contribution in [3.63, 3.8) is 0 Å². The Morgan fingerprint density at radius 3 is 2.54 bits per heavy atom. The first-order chi connectivity index (χ1) is 12.7. The number of benzene rings is 1. The average molecular weight is 346 g/mol. The average Bonchev–Trinajstić information content (AvgIpc) is 2.69. The largest absolute Gasteiger partial charge is 0.349 e. The molecule has 0 radical (unpaired) electrons. The van der Waals surface area contributed by atoms with Crippen LogP contribution in [0.25, 0.3) is 22.2 Å². The summed E-state index contributed by atoms with van der Waals surface area (Å²) < 4.78 is 0. The molecule has 0 saturated heterocycles. The Kier molecular flexibility index (Phi) is 4.63. The van der Waals surface area contributed by atoms with Gasteiger partial charge in [0.15, 0.2) is 0 Å². The maximum Gasteiger partial charge on any atom is 0.252 e. The minimum Gasteiger partial charge on any atom is -0.349 e. The Hall–Kier alpha value is -2.79. The Bertz CT molecular complexity index is 918. The third-order valence-corrected chi connectivity index (χ3v) is 5.04. The van der Waals surface area contributed by atoms with Crippen LogP contribution in [0.1, 0.15) is 36.0 Å². The first-order valence-corrected chi connectivity index (χ1v) is 9.07. The molecule has 0 aliphatic heterocycles. The monoisotopic (exact) mass is 346 g/mol. The molecule has 0 unspecified atom stereocenters. The summed E-state index contributed by atoms with van der Waals surface area (Å²) in [6, 6.07) is 13.9. The zero-order valence-corrected chi connectivity index (χ0v) is 14.6. The lowest BCUT2D eigenvalue weighted by atomic mass is 9.91. The van der Waals surface area contributed by atoms with Crippen LogP contribution in [0.5, 0.6) is 0 Å². The zero-order chi connectivity index (χ0) is 17.9. The number of pyridine rings is 2. The fourth-order valence-electron chi connectivity index (χ4n) is 3.56. The Morgan fingerprint density at radius 1 is 1.04 bits per heavy atom. The Labute approximate surface area is 152 Å². The van der Waals surface area contributed by atoms with Crippen LogP contribution in [0.4, 0.5) is 0 Å². The summed E-state index contributed by atoms with van der Waals surface area (Å²) in [6.07, 6.45) is 7.27. The first-order valence-electron chi connectivity index (χ1n) is 9.07. The zero-order valence-electron chi connectivity index (χ0n) is 14.6. The lowest BCUT2D eigenvalue weighted by molar-refractivity contribution is 0.0927. The van der Waals surface area contributed by atoms with Crippen LogP contribution < -0.4 is 11.1 Å². The topological polar surface area (TPSA) is 80.9 Å². The Balaban J connectivity index is 1.70. The van der Waals surface area contributed by atoms with E-state index in [-0.39, 0.29) is 18.0 Å². The lowest BCUT2D eigenvalue weighted by Crippen LogP contribution is -2.40. The molecule has 2 heterocycles. The number of rotatable bonds is 3. The lowest BCUT2D eigenvalue weighted by Gasteiger charge is -2.27. The molecular weight excluding hydrogens is 324 g/mol. The number of amides is 1. The van der Waals surface area contributed by atoms with Gasteiger partial charge in [0.05, 0.1) is 16.8 Å². The quantitative estimate of drug-likeness (QED) is 0.762. The molecular formula is C21H22N4O. The molecule has 1 amide bonds. The normalized spacial score (nSPS) is 20.0. The molecule has 3 N–H and O–H groups in total. The molecule has 0 spiro atoms. The fraction of sp³-hybridized carbons (Fsp3) is 0.286. The second-order valence-corrected chi connectivity index (χ2v) is 6.89. The standard InChI is InChI=1S/C21H22N4O/c22-15-5-7-16(8-6-15)24-21(26)18-13-20(14-9-11-23-12-10-14)25-19-4-2-1-3-17(18)19/h1-4,9-13,15-16H,5-8,22H2,(H,24,26). The van der Waals surface area contributed by atoms with E-state index >= 15 is 0 Å². The molecule has 3 aromatic rings. The smallest absolute Gasteiger partial charge is 0.252 e. The van der Waals surface area contributed by atoms with Gasteiger partial charge in [-0.25, -0.2) is 4.98 Å². The number of nitrogens with zero attached hydrogens (tertiary/aromatic N) is 2. The van der Waals surface area contributed by atoms with Crippen LogP contribution in [-0.2, 0) is 0 Å². The number of hydrogen-bond acceptors (Lipinski definition) is 4. The van der Waals surface area contributed by atoms with E-state index in [1.807, 2.05) is 42.5 Å². The molecule has 1 aliphatic carbocycles. The van der Waals surface area contributed by atoms with Crippen molar-refractivity contribution < 1.29 is 4.79 Å². The molecule has 1 fully saturated rings. The molecule has 0 atom stereocenters. The minimum atomic E-state index is -0.0422. The van der Waals surface area contributed by atoms with E-state index in [2.05, 4.69) is 10.3 Å². The minimum absolute atomic E-state index is 0.0422. The maximum absolute atomic E-state index is 13.0. The molecule has 26 heavy (non-hydrogen) atoms. The van der Waals surface area contributed by atoms with Gasteiger partial charge >= 0.3 is 0 Å². The fourth-order valence-corrected chi connectivity index (χ4v) is 3.56. The summed E-state index contributed by atoms with van der Waals surface area (Å²) in [5.74, 6) is -0.0422. The molecule has 5 nitrogen and oxygen atoms in total. The summed E-state index contributed by atoms with van der Waals surface area (Å²) in [4.78, 5) is 21.8. The van der Waals surface area contributed by atoms with Crippen LogP contribution in [0.15, 0.2) is 54.9 Å². The molecule has 4 rings (SSSR count). The number of hydrogen-bond donors (Lipinski definition) is 2. The van der Waals surface area contributed by atoms with E-state index in [4.69, 9.17) is 10.7 Å². The van der Waals surface area contributed by atoms with Crippen molar-refractivity contribution in [2.45, 2.75) is 37.8 Å². The van der Waals surface area contributed by atoms with Crippen LogP contribution in [0.2, 0.25) is 0 Å². The summed E-state index contributed by atoms with van der Waals surface area (Å²) in [6.45, 7) is 0. The van der Waals surface area contributed by atoms with Gasteiger partial charge in [-0.2, -0.15) is 0 Å². The molecule has 132 valence electrons. The van der Waals surface area contributed by atoms with Crippen molar-refractivity contribution in [2.24, 2.45) is 5.73 Å². The maximum atomic E-state index is 13.0. The number of para-hydroxylation sites is 1. The van der Waals surface area contributed by atoms with Gasteiger partial charge in [-0.1, -0.05) is 18.2 Å². The van der Waals surface area contributed by atoms with E-state index < -0.39 is 0 Å². The molecule has 1 aliphatic rings. The summed E-state index contributed by atoms with van der Waals surface area (Å²) in [5.41, 5.74) is 9.18. The number of fused-ring (bicyclic) bond motifs is 1. The number of nitrogens with one attached hydrogen (secondary N) is 1. The van der Waals surface area contributed by atoms with E-state index in [0.717, 1.165) is 47.8 Å². The molecule has 0 bridgehead atoms. The highest BCUT2D eigenvalue weighted by Crippen LogP contribution is 2.25. The molecule has 5 heteroatoms. The van der Waals surface area contributed by atoms with Gasteiger partial charge in [0.2, 0.25) is 0 Å². The SMILES string of the molecule is NC1CCC(NC(=O)c2cc(-c3ccncc3)nc3ccccc23)CC1. The van der Waals surface area contributed by atoms with Gasteiger partial charge in [-0.3, -0.25) is 9.78 Å². The van der Waals surface area contributed by atoms with Crippen molar-refractivity contribution in [3.05, 3.63) is 60.4 Å². The van der Waals surface area contributed by atoms with E-state index in [9.17, 15) is 4.79 Å². The van der Waals surface area contributed by atoms with Gasteiger partial charge in [0.1, 0.15) is 0 Å². The van der Waals surface area contributed by atoms with Crippen molar-refractivity contribution in [1.29, 1.82) is 0 Å². The Morgan fingerprint density at radius 2 is 1.77 bits per heavy atom. The second-order valence-electron chi connectivity index (χ2n) is 6.89. The molecule has 1 aromatic carbocycles.